The van der Waals surface area contributed by atoms with Crippen molar-refractivity contribution >= 4 is 15.7 Å². The Hall–Kier alpha value is -2.38. The second kappa shape index (κ2) is 9.41. The Labute approximate surface area is 173 Å². The van der Waals surface area contributed by atoms with Crippen molar-refractivity contribution in [1.29, 1.82) is 0 Å². The summed E-state index contributed by atoms with van der Waals surface area (Å²) in [5.41, 5.74) is 2.42. The van der Waals surface area contributed by atoms with E-state index in [1.807, 2.05) is 24.0 Å². The van der Waals surface area contributed by atoms with Gasteiger partial charge in [0.15, 0.2) is 9.84 Å². The zero-order chi connectivity index (χ0) is 20.9. The topological polar surface area (TPSA) is 66.9 Å². The number of carbonyl (C=O) groups excluding carboxylic acids is 1. The number of carbonyl (C=O) groups is 1. The molecule has 1 fully saturated rings. The molecule has 0 aliphatic carbocycles. The predicted molar refractivity (Wildman–Crippen MR) is 114 cm³/mol. The van der Waals surface area contributed by atoms with Gasteiger partial charge in [-0.2, -0.15) is 0 Å². The maximum atomic E-state index is 12.8. The monoisotopic (exact) mass is 416 g/mol. The van der Waals surface area contributed by atoms with E-state index in [-0.39, 0.29) is 11.7 Å². The molecule has 0 radical (unpaired) electrons. The van der Waals surface area contributed by atoms with Crippen LogP contribution in [0, 0.1) is 0 Å². The number of rotatable bonds is 7. The van der Waals surface area contributed by atoms with Crippen LogP contribution in [0.5, 0.6) is 5.75 Å². The molecule has 0 bridgehead atoms. The lowest BCUT2D eigenvalue weighted by Crippen LogP contribution is -2.48. The smallest absolute Gasteiger partial charge is 0.253 e. The summed E-state index contributed by atoms with van der Waals surface area (Å²) >= 11 is 0. The van der Waals surface area contributed by atoms with E-state index in [1.165, 1.54) is 11.8 Å². The molecule has 0 N–H and O–H groups in total. The fourth-order valence-corrected chi connectivity index (χ4v) is 4.29. The molecule has 2 aromatic rings. The fourth-order valence-electron chi connectivity index (χ4n) is 3.50. The van der Waals surface area contributed by atoms with Crippen LogP contribution in [-0.4, -0.2) is 63.2 Å². The van der Waals surface area contributed by atoms with Crippen LogP contribution >= 0.6 is 0 Å². The molecule has 0 unspecified atom stereocenters. The highest BCUT2D eigenvalue weighted by Gasteiger charge is 2.22. The molecule has 1 amide bonds. The van der Waals surface area contributed by atoms with Crippen molar-refractivity contribution in [2.45, 2.75) is 19.2 Å². The Kier molecular flexibility index (Phi) is 6.92. The largest absolute Gasteiger partial charge is 0.494 e. The van der Waals surface area contributed by atoms with Crippen molar-refractivity contribution in [3.8, 4) is 5.75 Å². The molecular weight excluding hydrogens is 388 g/mol. The van der Waals surface area contributed by atoms with Crippen LogP contribution in [0.3, 0.4) is 0 Å². The molecule has 0 atom stereocenters. The molecule has 0 aromatic heterocycles. The van der Waals surface area contributed by atoms with Gasteiger partial charge in [-0.1, -0.05) is 24.3 Å². The van der Waals surface area contributed by atoms with E-state index in [2.05, 4.69) is 17.0 Å². The number of amides is 1. The summed E-state index contributed by atoms with van der Waals surface area (Å²) in [6.45, 7) is 6.41. The zero-order valence-corrected chi connectivity index (χ0v) is 17.8. The first-order valence-electron chi connectivity index (χ1n) is 9.84. The van der Waals surface area contributed by atoms with Gasteiger partial charge in [0.2, 0.25) is 0 Å². The molecule has 6 nitrogen and oxygen atoms in total. The highest BCUT2D eigenvalue weighted by Crippen LogP contribution is 2.16. The van der Waals surface area contributed by atoms with Crippen LogP contribution in [0.1, 0.15) is 28.4 Å². The van der Waals surface area contributed by atoms with Gasteiger partial charge in [-0.3, -0.25) is 9.69 Å². The van der Waals surface area contributed by atoms with Crippen LogP contribution in [-0.2, 0) is 22.1 Å². The number of ether oxygens (including phenoxy) is 1. The van der Waals surface area contributed by atoms with Crippen molar-refractivity contribution in [1.82, 2.24) is 9.80 Å². The van der Waals surface area contributed by atoms with Crippen LogP contribution in [0.25, 0.3) is 0 Å². The fraction of sp³-hybridized carbons (Fsp3) is 0.409. The minimum absolute atomic E-state index is 0.0407. The lowest BCUT2D eigenvalue weighted by Gasteiger charge is -2.35. The third-order valence-electron chi connectivity index (χ3n) is 4.90. The standard InChI is InChI=1S/C22H28N2O4S/c1-3-28-21-9-7-18(8-10-21)16-23-11-13-24(14-12-23)22(25)20-6-4-5-19(15-20)17-29(2,26)27/h4-10,15H,3,11-14,16-17H2,1-2H3. The molecule has 3 rings (SSSR count). The number of piperazine rings is 1. The molecule has 1 aliphatic heterocycles. The first kappa shape index (κ1) is 21.3. The Balaban J connectivity index is 1.55. The lowest BCUT2D eigenvalue weighted by molar-refractivity contribution is 0.0628. The summed E-state index contributed by atoms with van der Waals surface area (Å²) < 4.78 is 28.5. The molecular formula is C22H28N2O4S. The Bertz CT molecular complexity index is 934. The summed E-state index contributed by atoms with van der Waals surface area (Å²) in [4.78, 5) is 17.0. The van der Waals surface area contributed by atoms with Crippen molar-refractivity contribution in [2.24, 2.45) is 0 Å². The molecule has 1 saturated heterocycles. The summed E-state index contributed by atoms with van der Waals surface area (Å²) in [6.07, 6.45) is 1.20. The normalized spacial score (nSPS) is 15.3. The highest BCUT2D eigenvalue weighted by atomic mass is 32.2. The molecule has 2 aromatic carbocycles. The van der Waals surface area contributed by atoms with E-state index < -0.39 is 9.84 Å². The van der Waals surface area contributed by atoms with Gasteiger partial charge in [0.1, 0.15) is 5.75 Å². The van der Waals surface area contributed by atoms with Crippen molar-refractivity contribution in [2.75, 3.05) is 39.0 Å². The first-order chi connectivity index (χ1) is 13.8. The van der Waals surface area contributed by atoms with Crippen LogP contribution in [0.2, 0.25) is 0 Å². The quantitative estimate of drug-likeness (QED) is 0.694. The van der Waals surface area contributed by atoms with Gasteiger partial charge in [-0.15, -0.1) is 0 Å². The van der Waals surface area contributed by atoms with Gasteiger partial charge in [-0.05, 0) is 42.3 Å². The van der Waals surface area contributed by atoms with Crippen molar-refractivity contribution in [3.05, 3.63) is 65.2 Å². The third kappa shape index (κ3) is 6.30. The maximum absolute atomic E-state index is 12.8. The highest BCUT2D eigenvalue weighted by molar-refractivity contribution is 7.89. The molecule has 29 heavy (non-hydrogen) atoms. The first-order valence-corrected chi connectivity index (χ1v) is 11.9. The maximum Gasteiger partial charge on any atom is 0.253 e. The minimum atomic E-state index is -3.13. The van der Waals surface area contributed by atoms with Gasteiger partial charge in [-0.25, -0.2) is 8.42 Å². The van der Waals surface area contributed by atoms with E-state index in [0.29, 0.717) is 30.8 Å². The molecule has 0 saturated carbocycles. The van der Waals surface area contributed by atoms with Crippen LogP contribution in [0.4, 0.5) is 0 Å². The van der Waals surface area contributed by atoms with E-state index in [4.69, 9.17) is 4.74 Å². The van der Waals surface area contributed by atoms with Gasteiger partial charge in [0, 0.05) is 44.5 Å². The zero-order valence-electron chi connectivity index (χ0n) is 17.0. The number of sulfone groups is 1. The van der Waals surface area contributed by atoms with E-state index in [1.54, 1.807) is 24.3 Å². The van der Waals surface area contributed by atoms with Gasteiger partial charge in [0.25, 0.3) is 5.91 Å². The van der Waals surface area contributed by atoms with E-state index in [0.717, 1.165) is 25.4 Å². The van der Waals surface area contributed by atoms with Crippen molar-refractivity contribution in [3.63, 3.8) is 0 Å². The second-order valence-corrected chi connectivity index (χ2v) is 9.56. The average Bonchev–Trinajstić information content (AvgIpc) is 2.69. The molecule has 1 aliphatic rings. The predicted octanol–water partition coefficient (Wildman–Crippen LogP) is 2.59. The summed E-state index contributed by atoms with van der Waals surface area (Å²) in [6, 6.07) is 15.1. The molecule has 7 heteroatoms. The summed E-state index contributed by atoms with van der Waals surface area (Å²) in [5, 5.41) is 0. The van der Waals surface area contributed by atoms with E-state index in [9.17, 15) is 13.2 Å². The van der Waals surface area contributed by atoms with Gasteiger partial charge < -0.3 is 9.64 Å². The summed E-state index contributed by atoms with van der Waals surface area (Å²) in [5.74, 6) is 0.787. The van der Waals surface area contributed by atoms with Crippen LogP contribution < -0.4 is 4.74 Å². The van der Waals surface area contributed by atoms with Crippen LogP contribution in [0.15, 0.2) is 48.5 Å². The Morgan fingerprint density at radius 2 is 1.69 bits per heavy atom. The molecule has 1 heterocycles. The number of hydrogen-bond acceptors (Lipinski definition) is 5. The third-order valence-corrected chi connectivity index (χ3v) is 5.76. The average molecular weight is 417 g/mol. The second-order valence-electron chi connectivity index (χ2n) is 7.42. The SMILES string of the molecule is CCOc1ccc(CN2CCN(C(=O)c3cccc(CS(C)(=O)=O)c3)CC2)cc1. The molecule has 0 spiro atoms. The van der Waals surface area contributed by atoms with Crippen molar-refractivity contribution < 1.29 is 17.9 Å². The van der Waals surface area contributed by atoms with Gasteiger partial charge >= 0.3 is 0 Å². The number of nitrogens with zero attached hydrogens (tertiary/aromatic N) is 2. The lowest BCUT2D eigenvalue weighted by atomic mass is 10.1. The van der Waals surface area contributed by atoms with E-state index >= 15 is 0 Å². The minimum Gasteiger partial charge on any atom is -0.494 e. The molecule has 156 valence electrons. The number of benzene rings is 2. The number of hydrogen-bond donors (Lipinski definition) is 0. The Morgan fingerprint density at radius 1 is 1.00 bits per heavy atom. The van der Waals surface area contributed by atoms with Gasteiger partial charge in [0.05, 0.1) is 12.4 Å². The summed E-state index contributed by atoms with van der Waals surface area (Å²) in [7, 11) is -3.13. The Morgan fingerprint density at radius 3 is 2.31 bits per heavy atom.